The second-order valence-electron chi connectivity index (χ2n) is 7.37. The van der Waals surface area contributed by atoms with Crippen molar-refractivity contribution in [3.63, 3.8) is 0 Å². The van der Waals surface area contributed by atoms with Crippen molar-refractivity contribution in [1.29, 1.82) is 0 Å². The fraction of sp³-hybridized carbons (Fsp3) is 0.286. The van der Waals surface area contributed by atoms with Gasteiger partial charge in [-0.25, -0.2) is 9.97 Å². The topological polar surface area (TPSA) is 110 Å². The van der Waals surface area contributed by atoms with Crippen LogP contribution in [0, 0.1) is 5.92 Å². The summed E-state index contributed by atoms with van der Waals surface area (Å²) in [6.07, 6.45) is 7.00. The zero-order valence-corrected chi connectivity index (χ0v) is 16.4. The van der Waals surface area contributed by atoms with Crippen LogP contribution < -0.4 is 21.3 Å². The maximum absolute atomic E-state index is 11.4. The summed E-state index contributed by atoms with van der Waals surface area (Å²) in [5, 5.41) is 6.72. The van der Waals surface area contributed by atoms with Gasteiger partial charge in [0.25, 0.3) is 0 Å². The van der Waals surface area contributed by atoms with Crippen LogP contribution in [0.4, 0.5) is 17.2 Å². The van der Waals surface area contributed by atoms with E-state index in [9.17, 15) is 4.79 Å². The van der Waals surface area contributed by atoms with Crippen molar-refractivity contribution in [2.75, 3.05) is 43.0 Å². The Kier molecular flexibility index (Phi) is 4.72. The molecule has 30 heavy (non-hydrogen) atoms. The number of benzene rings is 1. The lowest BCUT2D eigenvalue weighted by Crippen LogP contribution is -2.43. The largest absolute Gasteiger partial charge is 0.490 e. The number of nitrogens with one attached hydrogen (secondary N) is 2. The van der Waals surface area contributed by atoms with Crippen LogP contribution in [0.2, 0.25) is 0 Å². The van der Waals surface area contributed by atoms with Crippen LogP contribution in [0.1, 0.15) is 5.69 Å². The van der Waals surface area contributed by atoms with E-state index in [4.69, 9.17) is 10.5 Å². The van der Waals surface area contributed by atoms with Crippen LogP contribution in [-0.4, -0.2) is 53.1 Å². The van der Waals surface area contributed by atoms with Gasteiger partial charge in [0.15, 0.2) is 11.5 Å². The third-order valence-corrected chi connectivity index (χ3v) is 5.43. The molecule has 2 aliphatic heterocycles. The third-order valence-electron chi connectivity index (χ3n) is 5.43. The molecule has 1 aromatic carbocycles. The number of carbonyl (C=O) groups excluding carboxylic acids is 1. The van der Waals surface area contributed by atoms with E-state index in [0.717, 1.165) is 37.6 Å². The van der Waals surface area contributed by atoms with Crippen LogP contribution in [0.5, 0.6) is 0 Å². The minimum atomic E-state index is -0.425. The van der Waals surface area contributed by atoms with Crippen molar-refractivity contribution >= 4 is 34.5 Å². The molecule has 2 aromatic heterocycles. The van der Waals surface area contributed by atoms with Crippen LogP contribution in [0.3, 0.4) is 0 Å². The number of primary amides is 1. The van der Waals surface area contributed by atoms with Gasteiger partial charge in [0.2, 0.25) is 5.91 Å². The van der Waals surface area contributed by atoms with Crippen molar-refractivity contribution in [3.05, 3.63) is 54.6 Å². The van der Waals surface area contributed by atoms with Crippen molar-refractivity contribution in [3.8, 4) is 0 Å². The van der Waals surface area contributed by atoms with Crippen molar-refractivity contribution in [2.24, 2.45) is 11.7 Å². The number of carbonyl (C=O) groups is 1. The molecule has 4 heterocycles. The van der Waals surface area contributed by atoms with Crippen molar-refractivity contribution in [2.45, 2.75) is 0 Å². The highest BCUT2D eigenvalue weighted by molar-refractivity contribution is 5.82. The molecule has 5 rings (SSSR count). The predicted molar refractivity (Wildman–Crippen MR) is 114 cm³/mol. The molecule has 9 nitrogen and oxygen atoms in total. The molecule has 0 aliphatic carbocycles. The Morgan fingerprint density at radius 3 is 2.73 bits per heavy atom. The Morgan fingerprint density at radius 1 is 1.20 bits per heavy atom. The number of fused-ring (bicyclic) bond motifs is 1. The summed E-state index contributed by atoms with van der Waals surface area (Å²) in [6, 6.07) is 8.33. The molecule has 1 atom stereocenters. The number of hydrogen-bond acceptors (Lipinski definition) is 7. The first-order chi connectivity index (χ1) is 14.7. The second kappa shape index (κ2) is 7.68. The standard InChI is InChI=1S/C21H23N7O2/c22-19(29)14-11-18(30-13-14)17-12-25-20(21-24-7-10-28(17)21)26-15-1-3-16(4-2-15)27-8-5-23-6-9-27/h1-4,7,10-12,14,23H,5-6,8-9,13H2,(H2,22,29)(H,25,26). The van der Waals surface area contributed by atoms with Crippen LogP contribution >= 0.6 is 0 Å². The number of aromatic nitrogens is 3. The number of imidazole rings is 1. The van der Waals surface area contributed by atoms with Crippen molar-refractivity contribution in [1.82, 2.24) is 19.7 Å². The summed E-state index contributed by atoms with van der Waals surface area (Å²) in [5.74, 6) is 0.401. The molecule has 0 spiro atoms. The van der Waals surface area contributed by atoms with Gasteiger partial charge in [-0.3, -0.25) is 9.20 Å². The lowest BCUT2D eigenvalue weighted by Gasteiger charge is -2.29. The van der Waals surface area contributed by atoms with Gasteiger partial charge >= 0.3 is 0 Å². The van der Waals surface area contributed by atoms with Gasteiger partial charge in [0, 0.05) is 49.9 Å². The molecule has 1 amide bonds. The van der Waals surface area contributed by atoms with E-state index in [2.05, 4.69) is 37.6 Å². The van der Waals surface area contributed by atoms with Crippen LogP contribution in [0.25, 0.3) is 11.4 Å². The molecule has 0 saturated carbocycles. The Labute approximate surface area is 173 Å². The Morgan fingerprint density at radius 2 is 2.00 bits per heavy atom. The van der Waals surface area contributed by atoms with Gasteiger partial charge in [0.1, 0.15) is 18.1 Å². The smallest absolute Gasteiger partial charge is 0.227 e. The highest BCUT2D eigenvalue weighted by Crippen LogP contribution is 2.28. The number of ether oxygens (including phenoxy) is 1. The third kappa shape index (κ3) is 3.43. The number of piperazine rings is 1. The monoisotopic (exact) mass is 405 g/mol. The molecular formula is C21H23N7O2. The lowest BCUT2D eigenvalue weighted by atomic mass is 10.1. The molecule has 9 heteroatoms. The Bertz CT molecular complexity index is 1100. The number of hydrogen-bond donors (Lipinski definition) is 3. The lowest BCUT2D eigenvalue weighted by molar-refractivity contribution is -0.120. The summed E-state index contributed by atoms with van der Waals surface area (Å²) >= 11 is 0. The summed E-state index contributed by atoms with van der Waals surface area (Å²) in [4.78, 5) is 22.8. The average Bonchev–Trinajstić information content (AvgIpc) is 3.46. The van der Waals surface area contributed by atoms with E-state index in [1.54, 1.807) is 18.5 Å². The van der Waals surface area contributed by atoms with Gasteiger partial charge in [-0.2, -0.15) is 0 Å². The zero-order valence-electron chi connectivity index (χ0n) is 16.4. The van der Waals surface area contributed by atoms with Crippen LogP contribution in [-0.2, 0) is 9.53 Å². The first kappa shape index (κ1) is 18.4. The number of amides is 1. The van der Waals surface area contributed by atoms with Gasteiger partial charge in [-0.15, -0.1) is 0 Å². The minimum Gasteiger partial charge on any atom is -0.490 e. The molecule has 4 N–H and O–H groups in total. The summed E-state index contributed by atoms with van der Waals surface area (Å²) < 4.78 is 7.55. The summed E-state index contributed by atoms with van der Waals surface area (Å²) in [6.45, 7) is 4.29. The fourth-order valence-corrected chi connectivity index (χ4v) is 3.79. The minimum absolute atomic E-state index is 0.250. The zero-order chi connectivity index (χ0) is 20.5. The van der Waals surface area contributed by atoms with Crippen LogP contribution in [0.15, 0.2) is 48.9 Å². The predicted octanol–water partition coefficient (Wildman–Crippen LogP) is 1.36. The second-order valence-corrected chi connectivity index (χ2v) is 7.37. The molecule has 1 saturated heterocycles. The molecule has 0 bridgehead atoms. The first-order valence-corrected chi connectivity index (χ1v) is 9.98. The van der Waals surface area contributed by atoms with E-state index in [1.165, 1.54) is 5.69 Å². The maximum atomic E-state index is 11.4. The number of rotatable bonds is 5. The molecule has 0 radical (unpaired) electrons. The SMILES string of the molecule is NC(=O)C1C=C(c2cnc(Nc3ccc(N4CCNCC4)cc3)c3nccn23)OC1. The highest BCUT2D eigenvalue weighted by Gasteiger charge is 2.25. The van der Waals surface area contributed by atoms with E-state index < -0.39 is 11.8 Å². The van der Waals surface area contributed by atoms with Gasteiger partial charge in [-0.1, -0.05) is 0 Å². The van der Waals surface area contributed by atoms with Gasteiger partial charge in [0.05, 0.1) is 12.1 Å². The quantitative estimate of drug-likeness (QED) is 0.588. The fourth-order valence-electron chi connectivity index (χ4n) is 3.79. The molecule has 1 fully saturated rings. The number of nitrogens with two attached hydrogens (primary N) is 1. The Hall–Kier alpha value is -3.59. The van der Waals surface area contributed by atoms with Gasteiger partial charge in [-0.05, 0) is 30.3 Å². The van der Waals surface area contributed by atoms with E-state index in [0.29, 0.717) is 17.2 Å². The van der Waals surface area contributed by atoms with E-state index in [-0.39, 0.29) is 6.61 Å². The molecule has 1 unspecified atom stereocenters. The van der Waals surface area contributed by atoms with E-state index in [1.807, 2.05) is 22.7 Å². The number of nitrogens with zero attached hydrogens (tertiary/aromatic N) is 4. The normalized spacial score (nSPS) is 18.9. The average molecular weight is 405 g/mol. The molecule has 2 aliphatic rings. The highest BCUT2D eigenvalue weighted by atomic mass is 16.5. The van der Waals surface area contributed by atoms with E-state index >= 15 is 0 Å². The van der Waals surface area contributed by atoms with Crippen molar-refractivity contribution < 1.29 is 9.53 Å². The molecule has 3 aromatic rings. The summed E-state index contributed by atoms with van der Waals surface area (Å²) in [5.41, 5.74) is 8.93. The Balaban J connectivity index is 1.39. The maximum Gasteiger partial charge on any atom is 0.227 e. The number of anilines is 3. The molecule has 154 valence electrons. The first-order valence-electron chi connectivity index (χ1n) is 9.98. The van der Waals surface area contributed by atoms with Gasteiger partial charge < -0.3 is 26.0 Å². The summed E-state index contributed by atoms with van der Waals surface area (Å²) in [7, 11) is 0. The molecular weight excluding hydrogens is 382 g/mol.